The number of carbonyl (C=O) groups is 3. The number of ether oxygens (including phenoxy) is 3. The minimum absolute atomic E-state index is 0.0790. The first kappa shape index (κ1) is 61.4. The average molecular weight is 897 g/mol. The summed E-state index contributed by atoms with van der Waals surface area (Å²) < 4.78 is 16.8. The van der Waals surface area contributed by atoms with Crippen LogP contribution in [0.3, 0.4) is 0 Å². The molecule has 0 aromatic heterocycles. The average Bonchev–Trinajstić information content (AvgIpc) is 3.29. The molecule has 6 heteroatoms. The Morgan fingerprint density at radius 3 is 0.953 bits per heavy atom. The second kappa shape index (κ2) is 53.0. The number of allylic oxidation sites excluding steroid dienone is 8. The zero-order valence-corrected chi connectivity index (χ0v) is 42.6. The lowest BCUT2D eigenvalue weighted by molar-refractivity contribution is -0.167. The van der Waals surface area contributed by atoms with E-state index in [0.29, 0.717) is 19.3 Å². The van der Waals surface area contributed by atoms with Crippen LogP contribution in [0.15, 0.2) is 48.6 Å². The summed E-state index contributed by atoms with van der Waals surface area (Å²) in [5.41, 5.74) is 0. The predicted molar refractivity (Wildman–Crippen MR) is 275 cm³/mol. The van der Waals surface area contributed by atoms with Gasteiger partial charge in [0.2, 0.25) is 0 Å². The SMILES string of the molecule is CCCC/C=C\CCCCCCCC(=O)OCC(COC(=O)CCCCCCCCCCCCC/C=C\C/C=C\CCCCCCC)OC(=O)CCCCCCC/C=C\CCCCC. The van der Waals surface area contributed by atoms with E-state index >= 15 is 0 Å². The van der Waals surface area contributed by atoms with Gasteiger partial charge in [0.1, 0.15) is 13.2 Å². The molecule has 0 radical (unpaired) electrons. The van der Waals surface area contributed by atoms with E-state index in [1.807, 2.05) is 0 Å². The fourth-order valence-corrected chi connectivity index (χ4v) is 7.80. The van der Waals surface area contributed by atoms with E-state index in [9.17, 15) is 14.4 Å². The lowest BCUT2D eigenvalue weighted by atomic mass is 10.0. The van der Waals surface area contributed by atoms with Crippen LogP contribution in [0.5, 0.6) is 0 Å². The Hall–Kier alpha value is -2.63. The van der Waals surface area contributed by atoms with Crippen LogP contribution in [0.1, 0.15) is 284 Å². The molecule has 0 aliphatic heterocycles. The van der Waals surface area contributed by atoms with Crippen molar-refractivity contribution in [1.82, 2.24) is 0 Å². The number of unbranched alkanes of at least 4 members (excludes halogenated alkanes) is 31. The lowest BCUT2D eigenvalue weighted by Gasteiger charge is -2.18. The maximum Gasteiger partial charge on any atom is 0.306 e. The highest BCUT2D eigenvalue weighted by Crippen LogP contribution is 2.15. The Bertz CT molecular complexity index is 1120. The molecule has 0 aromatic rings. The molecule has 1 atom stereocenters. The van der Waals surface area contributed by atoms with E-state index < -0.39 is 6.10 Å². The first-order valence-corrected chi connectivity index (χ1v) is 27.6. The fraction of sp³-hybridized carbons (Fsp3) is 0.810. The van der Waals surface area contributed by atoms with Crippen LogP contribution >= 0.6 is 0 Å². The van der Waals surface area contributed by atoms with Crippen molar-refractivity contribution in [2.75, 3.05) is 13.2 Å². The molecule has 0 N–H and O–H groups in total. The maximum absolute atomic E-state index is 12.8. The van der Waals surface area contributed by atoms with Crippen molar-refractivity contribution in [2.45, 2.75) is 290 Å². The quantitative estimate of drug-likeness (QED) is 0.0262. The smallest absolute Gasteiger partial charge is 0.306 e. The van der Waals surface area contributed by atoms with Crippen molar-refractivity contribution in [1.29, 1.82) is 0 Å². The van der Waals surface area contributed by atoms with Gasteiger partial charge in [-0.15, -0.1) is 0 Å². The Labute approximate surface area is 397 Å². The van der Waals surface area contributed by atoms with Gasteiger partial charge in [0.25, 0.3) is 0 Å². The largest absolute Gasteiger partial charge is 0.462 e. The molecule has 0 fully saturated rings. The van der Waals surface area contributed by atoms with Gasteiger partial charge in [-0.05, 0) is 96.3 Å². The lowest BCUT2D eigenvalue weighted by Crippen LogP contribution is -2.30. The normalized spacial score (nSPS) is 12.4. The van der Waals surface area contributed by atoms with E-state index in [1.165, 1.54) is 161 Å². The van der Waals surface area contributed by atoms with Crippen LogP contribution in [-0.4, -0.2) is 37.2 Å². The number of rotatable bonds is 50. The van der Waals surface area contributed by atoms with Crippen LogP contribution < -0.4 is 0 Å². The Kier molecular flexibility index (Phi) is 50.8. The highest BCUT2D eigenvalue weighted by Gasteiger charge is 2.19. The Balaban J connectivity index is 4.24. The molecule has 1 unspecified atom stereocenters. The minimum Gasteiger partial charge on any atom is -0.462 e. The summed E-state index contributed by atoms with van der Waals surface area (Å²) in [4.78, 5) is 38.0. The molecule has 0 aromatic carbocycles. The Morgan fingerprint density at radius 2 is 0.578 bits per heavy atom. The van der Waals surface area contributed by atoms with Crippen molar-refractivity contribution in [3.63, 3.8) is 0 Å². The van der Waals surface area contributed by atoms with Gasteiger partial charge in [0.05, 0.1) is 0 Å². The monoisotopic (exact) mass is 897 g/mol. The van der Waals surface area contributed by atoms with Crippen molar-refractivity contribution in [3.8, 4) is 0 Å². The van der Waals surface area contributed by atoms with E-state index in [1.54, 1.807) is 0 Å². The predicted octanol–water partition coefficient (Wildman–Crippen LogP) is 18.3. The van der Waals surface area contributed by atoms with E-state index in [0.717, 1.165) is 83.5 Å². The molecule has 0 aliphatic carbocycles. The molecule has 0 amide bonds. The zero-order chi connectivity index (χ0) is 46.5. The van der Waals surface area contributed by atoms with E-state index in [4.69, 9.17) is 14.2 Å². The molecule has 372 valence electrons. The molecule has 64 heavy (non-hydrogen) atoms. The first-order chi connectivity index (χ1) is 31.5. The van der Waals surface area contributed by atoms with Gasteiger partial charge in [-0.2, -0.15) is 0 Å². The molecule has 0 spiro atoms. The summed E-state index contributed by atoms with van der Waals surface area (Å²) in [5.74, 6) is -0.893. The topological polar surface area (TPSA) is 78.9 Å². The third-order valence-corrected chi connectivity index (χ3v) is 12.0. The van der Waals surface area contributed by atoms with Gasteiger partial charge < -0.3 is 14.2 Å². The van der Waals surface area contributed by atoms with Crippen molar-refractivity contribution < 1.29 is 28.6 Å². The molecule has 0 saturated carbocycles. The van der Waals surface area contributed by atoms with Crippen molar-refractivity contribution in [3.05, 3.63) is 48.6 Å². The standard InChI is InChI=1S/C58H104O6/c1-4-7-10-13-16-19-22-24-25-26-27-28-29-30-31-32-33-34-37-39-42-45-48-51-57(60)63-54-55(53-62-56(59)50-47-44-41-38-35-21-18-15-12-9-6-3)64-58(61)52-49-46-43-40-36-23-20-17-14-11-8-5-2/h15,17-18,20,22,24,26-27,55H,4-14,16,19,21,23,25,28-54H2,1-3H3/b18-15-,20-17-,24-22-,27-26-. The molecule has 0 rings (SSSR count). The number of esters is 3. The zero-order valence-electron chi connectivity index (χ0n) is 42.6. The van der Waals surface area contributed by atoms with Gasteiger partial charge >= 0.3 is 17.9 Å². The first-order valence-electron chi connectivity index (χ1n) is 27.6. The third kappa shape index (κ3) is 50.4. The highest BCUT2D eigenvalue weighted by molar-refractivity contribution is 5.71. The van der Waals surface area contributed by atoms with Crippen LogP contribution in [0, 0.1) is 0 Å². The van der Waals surface area contributed by atoms with Crippen LogP contribution in [0.4, 0.5) is 0 Å². The molecular formula is C58H104O6. The minimum atomic E-state index is -0.779. The molecule has 6 nitrogen and oxygen atoms in total. The summed E-state index contributed by atoms with van der Waals surface area (Å²) >= 11 is 0. The van der Waals surface area contributed by atoms with Gasteiger partial charge in [0, 0.05) is 19.3 Å². The highest BCUT2D eigenvalue weighted by atomic mass is 16.6. The van der Waals surface area contributed by atoms with Gasteiger partial charge in [0.15, 0.2) is 6.10 Å². The van der Waals surface area contributed by atoms with E-state index in [-0.39, 0.29) is 31.1 Å². The second-order valence-corrected chi connectivity index (χ2v) is 18.5. The summed E-state index contributed by atoms with van der Waals surface area (Å²) in [6.07, 6.45) is 63.9. The molecular weight excluding hydrogens is 793 g/mol. The molecule has 0 bridgehead atoms. The van der Waals surface area contributed by atoms with Crippen molar-refractivity contribution >= 4 is 17.9 Å². The van der Waals surface area contributed by atoms with Gasteiger partial charge in [-0.3, -0.25) is 14.4 Å². The third-order valence-electron chi connectivity index (χ3n) is 12.0. The van der Waals surface area contributed by atoms with Crippen LogP contribution in [0.2, 0.25) is 0 Å². The summed E-state index contributed by atoms with van der Waals surface area (Å²) in [5, 5.41) is 0. The Morgan fingerprint density at radius 1 is 0.312 bits per heavy atom. The number of hydrogen-bond acceptors (Lipinski definition) is 6. The fourth-order valence-electron chi connectivity index (χ4n) is 7.80. The number of hydrogen-bond donors (Lipinski definition) is 0. The summed E-state index contributed by atoms with van der Waals surface area (Å²) in [6.45, 7) is 6.57. The van der Waals surface area contributed by atoms with Crippen LogP contribution in [-0.2, 0) is 28.6 Å². The molecule has 0 aliphatic rings. The number of carbonyl (C=O) groups excluding carboxylic acids is 3. The molecule has 0 heterocycles. The summed E-state index contributed by atoms with van der Waals surface area (Å²) in [7, 11) is 0. The van der Waals surface area contributed by atoms with Gasteiger partial charge in [-0.25, -0.2) is 0 Å². The van der Waals surface area contributed by atoms with Crippen molar-refractivity contribution in [2.24, 2.45) is 0 Å². The second-order valence-electron chi connectivity index (χ2n) is 18.5. The summed E-state index contributed by atoms with van der Waals surface area (Å²) in [6, 6.07) is 0. The van der Waals surface area contributed by atoms with E-state index in [2.05, 4.69) is 69.4 Å². The molecule has 0 saturated heterocycles. The van der Waals surface area contributed by atoms with Crippen LogP contribution in [0.25, 0.3) is 0 Å². The maximum atomic E-state index is 12.8. The van der Waals surface area contributed by atoms with Gasteiger partial charge in [-0.1, -0.05) is 217 Å².